The molecule has 4 aromatic rings. The third kappa shape index (κ3) is 8.34. The van der Waals surface area contributed by atoms with Crippen LogP contribution in [0.2, 0.25) is 5.02 Å². The van der Waals surface area contributed by atoms with Crippen LogP contribution in [0.4, 0.5) is 5.69 Å². The third-order valence-electron chi connectivity index (χ3n) is 8.92. The Morgan fingerprint density at radius 3 is 2.33 bits per heavy atom. The maximum atomic E-state index is 14.3. The lowest BCUT2D eigenvalue weighted by molar-refractivity contribution is -0.165. The molecule has 0 fully saturated rings. The molecule has 3 heterocycles. The summed E-state index contributed by atoms with van der Waals surface area (Å²) in [4.78, 5) is 55.0. The van der Waals surface area contributed by atoms with Crippen molar-refractivity contribution < 1.29 is 44.3 Å². The van der Waals surface area contributed by atoms with Crippen LogP contribution in [0.25, 0.3) is 5.57 Å². The number of para-hydroxylation sites is 1. The van der Waals surface area contributed by atoms with Gasteiger partial charge in [-0.25, -0.2) is 9.59 Å². The summed E-state index contributed by atoms with van der Waals surface area (Å²) in [6, 6.07) is 19.1. The first-order valence-electron chi connectivity index (χ1n) is 16.5. The number of anilines is 1. The highest BCUT2D eigenvalue weighted by atomic mass is 35.5. The molecule has 2 aliphatic rings. The highest BCUT2D eigenvalue weighted by Crippen LogP contribution is 2.38. The van der Waals surface area contributed by atoms with Crippen molar-refractivity contribution in [2.75, 3.05) is 19.1 Å². The second-order valence-electron chi connectivity index (χ2n) is 12.4. The monoisotopic (exact) mass is 730 g/mol. The van der Waals surface area contributed by atoms with Crippen LogP contribution in [-0.2, 0) is 29.2 Å². The van der Waals surface area contributed by atoms with Crippen molar-refractivity contribution in [2.24, 2.45) is 0 Å². The van der Waals surface area contributed by atoms with Gasteiger partial charge in [0.2, 0.25) is 0 Å². The third-order valence-corrected chi connectivity index (χ3v) is 9.23. The van der Waals surface area contributed by atoms with Gasteiger partial charge in [0.1, 0.15) is 11.4 Å². The molecule has 2 aromatic heterocycles. The number of benzene rings is 2. The number of halogens is 1. The number of hydrogen-bond acceptors (Lipinski definition) is 8. The van der Waals surface area contributed by atoms with Gasteiger partial charge in [0.25, 0.3) is 11.8 Å². The van der Waals surface area contributed by atoms with E-state index < -0.39 is 24.1 Å². The van der Waals surface area contributed by atoms with Gasteiger partial charge in [0.05, 0.1) is 25.8 Å². The van der Waals surface area contributed by atoms with E-state index in [9.17, 15) is 19.2 Å². The molecule has 14 heteroatoms. The van der Waals surface area contributed by atoms with E-state index in [-0.39, 0.29) is 11.8 Å². The van der Waals surface area contributed by atoms with E-state index in [4.69, 9.17) is 36.8 Å². The van der Waals surface area contributed by atoms with E-state index in [0.717, 1.165) is 47.3 Å². The molecule has 0 saturated carbocycles. The van der Waals surface area contributed by atoms with Gasteiger partial charge in [-0.1, -0.05) is 41.9 Å². The molecule has 0 bridgehead atoms. The molecule has 1 aliphatic heterocycles. The van der Waals surface area contributed by atoms with Gasteiger partial charge < -0.3 is 39.5 Å². The number of aliphatic hydroxyl groups excluding tert-OH is 2. The zero-order chi connectivity index (χ0) is 37.5. The van der Waals surface area contributed by atoms with Crippen molar-refractivity contribution in [3.63, 3.8) is 0 Å². The number of pyridine rings is 1. The Kier molecular flexibility index (Phi) is 12.1. The minimum Gasteiger partial charge on any atom is -0.496 e. The first-order valence-corrected chi connectivity index (χ1v) is 16.9. The molecule has 4 N–H and O–H groups in total. The number of rotatable bonds is 9. The van der Waals surface area contributed by atoms with E-state index in [2.05, 4.69) is 11.1 Å². The fourth-order valence-electron chi connectivity index (χ4n) is 6.19. The first-order chi connectivity index (χ1) is 24.9. The second kappa shape index (κ2) is 16.7. The van der Waals surface area contributed by atoms with Crippen molar-refractivity contribution in [3.05, 3.63) is 118 Å². The largest absolute Gasteiger partial charge is 0.496 e. The zero-order valence-electron chi connectivity index (χ0n) is 28.6. The van der Waals surface area contributed by atoms with Crippen LogP contribution in [0.1, 0.15) is 68.9 Å². The van der Waals surface area contributed by atoms with Crippen LogP contribution in [0.15, 0.2) is 79.1 Å². The molecule has 2 amide bonds. The average molecular weight is 731 g/mol. The number of carbonyl (C=O) groups excluding carboxylic acids is 2. The fourth-order valence-corrected chi connectivity index (χ4v) is 6.48. The van der Waals surface area contributed by atoms with E-state index >= 15 is 0 Å². The summed E-state index contributed by atoms with van der Waals surface area (Å²) in [5.74, 6) is -3.34. The fraction of sp³-hybridized carbons (Fsp3) is 0.289. The number of amides is 2. The van der Waals surface area contributed by atoms with Crippen LogP contribution in [0, 0.1) is 0 Å². The lowest BCUT2D eigenvalue weighted by Gasteiger charge is -2.24. The van der Waals surface area contributed by atoms with Crippen LogP contribution < -0.4 is 9.64 Å². The topological polar surface area (TPSA) is 183 Å². The smallest absolute Gasteiger partial charge is 0.335 e. The summed E-state index contributed by atoms with van der Waals surface area (Å²) < 4.78 is 7.76. The van der Waals surface area contributed by atoms with Crippen LogP contribution in [0.3, 0.4) is 0 Å². The van der Waals surface area contributed by atoms with Crippen molar-refractivity contribution in [2.45, 2.75) is 57.5 Å². The Labute approximate surface area is 305 Å². The molecule has 52 heavy (non-hydrogen) atoms. The quantitative estimate of drug-likeness (QED) is 0.186. The average Bonchev–Trinajstić information content (AvgIpc) is 3.46. The van der Waals surface area contributed by atoms with Crippen molar-refractivity contribution in [3.8, 4) is 5.75 Å². The summed E-state index contributed by atoms with van der Waals surface area (Å²) in [5, 5.41) is 33.1. The van der Waals surface area contributed by atoms with E-state index in [1.54, 1.807) is 42.4 Å². The molecule has 0 saturated heterocycles. The number of allylic oxidation sites excluding steroid dienone is 2. The lowest BCUT2D eigenvalue weighted by Crippen LogP contribution is -2.39. The second-order valence-corrected chi connectivity index (χ2v) is 12.8. The summed E-state index contributed by atoms with van der Waals surface area (Å²) in [7, 11) is 3.37. The van der Waals surface area contributed by atoms with Gasteiger partial charge in [-0.3, -0.25) is 14.6 Å². The number of fused-ring (bicyclic) bond motifs is 2. The Balaban J connectivity index is 0.000000459. The highest BCUT2D eigenvalue weighted by Gasteiger charge is 2.31. The predicted molar refractivity (Wildman–Crippen MR) is 192 cm³/mol. The van der Waals surface area contributed by atoms with E-state index in [1.807, 2.05) is 59.2 Å². The maximum Gasteiger partial charge on any atom is 0.335 e. The number of carbonyl (C=O) groups is 4. The molecule has 0 radical (unpaired) electrons. The summed E-state index contributed by atoms with van der Waals surface area (Å²) >= 11 is 6.80. The summed E-state index contributed by atoms with van der Waals surface area (Å²) in [5.41, 5.74) is 6.67. The molecular formula is C38H39ClN4O9. The molecule has 6 rings (SSSR count). The Bertz CT molecular complexity index is 1980. The van der Waals surface area contributed by atoms with Crippen molar-refractivity contribution in [1.29, 1.82) is 0 Å². The maximum absolute atomic E-state index is 14.3. The number of aromatic nitrogens is 2. The number of carboxylic acid groups (broad SMARTS) is 2. The van der Waals surface area contributed by atoms with Crippen LogP contribution in [-0.4, -0.2) is 85.0 Å². The number of carboxylic acids is 2. The first kappa shape index (κ1) is 37.7. The predicted octanol–water partition coefficient (Wildman–Crippen LogP) is 4.86. The van der Waals surface area contributed by atoms with Gasteiger partial charge in [-0.2, -0.15) is 0 Å². The SMILES string of the molecule is COc1cc(C2=CCCCC2)c(Cl)cc1C(=O)N1Cc2ccc(C(=O)N(C)Cc3cccnc3)n2Cc2ccccc21.O=C(O)[C@H](O)[C@@H](O)C(=O)O. The molecular weight excluding hydrogens is 692 g/mol. The molecule has 2 atom stereocenters. The van der Waals surface area contributed by atoms with Crippen molar-refractivity contribution >= 4 is 46.6 Å². The molecule has 2 aromatic carbocycles. The zero-order valence-corrected chi connectivity index (χ0v) is 29.4. The summed E-state index contributed by atoms with van der Waals surface area (Å²) in [6.07, 6.45) is 5.48. The molecule has 0 spiro atoms. The standard InChI is InChI=1S/C34H33ClN4O3.C4H6O6/c1-37(20-23-9-8-16-36-19-23)34(41)31-15-14-26-22-39(30-13-7-6-12-25(30)21-38(26)31)33(40)28-17-29(35)27(18-32(28)42-2)24-10-4-3-5-11-24;5-1(3(7)8)2(6)4(9)10/h6-10,12-19H,3-5,11,20-22H2,1-2H3;1-2,5-6H,(H,7,8)(H,9,10)/t;1-,2-/m.1/s1. The minimum atomic E-state index is -2.27. The van der Waals surface area contributed by atoms with Crippen molar-refractivity contribution in [1.82, 2.24) is 14.5 Å². The van der Waals surface area contributed by atoms with Gasteiger partial charge in [-0.15, -0.1) is 0 Å². The van der Waals surface area contributed by atoms with Gasteiger partial charge in [-0.05, 0) is 84.3 Å². The number of methoxy groups -OCH3 is 1. The van der Waals surface area contributed by atoms with Gasteiger partial charge in [0, 0.05) is 42.4 Å². The van der Waals surface area contributed by atoms with Gasteiger partial charge >= 0.3 is 11.9 Å². The Morgan fingerprint density at radius 2 is 1.69 bits per heavy atom. The van der Waals surface area contributed by atoms with E-state index in [0.29, 0.717) is 41.7 Å². The molecule has 272 valence electrons. The number of aliphatic hydroxyl groups is 2. The van der Waals surface area contributed by atoms with E-state index in [1.165, 1.54) is 12.0 Å². The molecule has 13 nitrogen and oxygen atoms in total. The lowest BCUT2D eigenvalue weighted by atomic mass is 9.92. The Hall–Kier alpha value is -5.50. The van der Waals surface area contributed by atoms with Gasteiger partial charge in [0.15, 0.2) is 12.2 Å². The summed E-state index contributed by atoms with van der Waals surface area (Å²) in [6.45, 7) is 1.21. The minimum absolute atomic E-state index is 0.0941. The normalized spacial score (nSPS) is 14.6. The number of aliphatic carboxylic acids is 2. The number of ether oxygens (including phenoxy) is 1. The van der Waals surface area contributed by atoms with Crippen LogP contribution >= 0.6 is 11.6 Å². The number of hydrogen-bond donors (Lipinski definition) is 4. The molecule has 0 unspecified atom stereocenters. The van der Waals surface area contributed by atoms with Crippen LogP contribution in [0.5, 0.6) is 5.75 Å². The molecule has 1 aliphatic carbocycles. The Morgan fingerprint density at radius 1 is 0.962 bits per heavy atom. The number of nitrogens with zero attached hydrogens (tertiary/aromatic N) is 4. The highest BCUT2D eigenvalue weighted by molar-refractivity contribution is 6.33.